The standard InChI is InChI=1S/C11H13ClN2O2S/c12-8-1-2-9-10(7-8)14-11(13-9)17-6-5-16-4-3-15/h1-2,7,15H,3-6H2,(H,13,14). The average Bonchev–Trinajstić information content (AvgIpc) is 2.70. The fourth-order valence-electron chi connectivity index (χ4n) is 1.39. The number of nitrogens with zero attached hydrogens (tertiary/aromatic N) is 1. The molecule has 0 radical (unpaired) electrons. The lowest BCUT2D eigenvalue weighted by molar-refractivity contribution is 0.103. The van der Waals surface area contributed by atoms with Gasteiger partial charge in [0.2, 0.25) is 0 Å². The summed E-state index contributed by atoms with van der Waals surface area (Å²) in [5.74, 6) is 0.799. The van der Waals surface area contributed by atoms with Gasteiger partial charge in [-0.15, -0.1) is 0 Å². The van der Waals surface area contributed by atoms with Crippen LogP contribution in [0.2, 0.25) is 5.02 Å². The summed E-state index contributed by atoms with van der Waals surface area (Å²) in [5, 5.41) is 10.1. The second-order valence-electron chi connectivity index (χ2n) is 3.39. The third kappa shape index (κ3) is 3.61. The monoisotopic (exact) mass is 272 g/mol. The van der Waals surface area contributed by atoms with E-state index in [0.717, 1.165) is 21.9 Å². The van der Waals surface area contributed by atoms with E-state index in [4.69, 9.17) is 21.4 Å². The molecule has 1 aromatic carbocycles. The largest absolute Gasteiger partial charge is 0.394 e. The smallest absolute Gasteiger partial charge is 0.166 e. The Kier molecular flexibility index (Phi) is 4.67. The summed E-state index contributed by atoms with van der Waals surface area (Å²) in [4.78, 5) is 7.61. The molecule has 0 fully saturated rings. The SMILES string of the molecule is OCCOCCSc1nc2ccc(Cl)cc2[nH]1. The maximum absolute atomic E-state index is 8.54. The second-order valence-corrected chi connectivity index (χ2v) is 4.91. The predicted octanol–water partition coefficient (Wildman–Crippen LogP) is 2.32. The molecule has 0 saturated heterocycles. The zero-order valence-corrected chi connectivity index (χ0v) is 10.7. The number of rotatable bonds is 6. The molecule has 0 aliphatic heterocycles. The van der Waals surface area contributed by atoms with Crippen LogP contribution in [0.3, 0.4) is 0 Å². The second kappa shape index (κ2) is 6.26. The maximum atomic E-state index is 8.54. The van der Waals surface area contributed by atoms with Crippen LogP contribution >= 0.6 is 23.4 Å². The number of benzene rings is 1. The molecule has 0 bridgehead atoms. The van der Waals surface area contributed by atoms with Crippen LogP contribution in [0.4, 0.5) is 0 Å². The Bertz CT molecular complexity index is 489. The minimum atomic E-state index is 0.0633. The van der Waals surface area contributed by atoms with E-state index >= 15 is 0 Å². The molecular weight excluding hydrogens is 260 g/mol. The third-order valence-electron chi connectivity index (χ3n) is 2.12. The van der Waals surface area contributed by atoms with Gasteiger partial charge in [0.25, 0.3) is 0 Å². The average molecular weight is 273 g/mol. The van der Waals surface area contributed by atoms with Crippen molar-refractivity contribution in [3.63, 3.8) is 0 Å². The first-order valence-electron chi connectivity index (χ1n) is 5.26. The molecule has 0 amide bonds. The number of aromatic nitrogens is 2. The Hall–Kier alpha value is -0.750. The molecule has 0 spiro atoms. The van der Waals surface area contributed by atoms with Gasteiger partial charge in [-0.3, -0.25) is 0 Å². The van der Waals surface area contributed by atoms with Gasteiger partial charge in [-0.1, -0.05) is 23.4 Å². The molecule has 6 heteroatoms. The molecule has 0 aliphatic rings. The lowest BCUT2D eigenvalue weighted by Crippen LogP contribution is -2.02. The zero-order chi connectivity index (χ0) is 12.1. The van der Waals surface area contributed by atoms with Crippen molar-refractivity contribution in [3.8, 4) is 0 Å². The Balaban J connectivity index is 1.91. The van der Waals surface area contributed by atoms with E-state index in [1.54, 1.807) is 11.8 Å². The topological polar surface area (TPSA) is 58.1 Å². The third-order valence-corrected chi connectivity index (χ3v) is 3.20. The van der Waals surface area contributed by atoms with Crippen molar-refractivity contribution in [1.29, 1.82) is 0 Å². The number of nitrogens with one attached hydrogen (secondary N) is 1. The van der Waals surface area contributed by atoms with Gasteiger partial charge in [0.15, 0.2) is 5.16 Å². The number of hydrogen-bond acceptors (Lipinski definition) is 4. The molecule has 2 rings (SSSR count). The minimum absolute atomic E-state index is 0.0633. The van der Waals surface area contributed by atoms with Crippen LogP contribution in [-0.4, -0.2) is 40.6 Å². The summed E-state index contributed by atoms with van der Waals surface area (Å²) in [6.07, 6.45) is 0. The summed E-state index contributed by atoms with van der Waals surface area (Å²) < 4.78 is 5.16. The normalized spacial score (nSPS) is 11.2. The molecule has 17 heavy (non-hydrogen) atoms. The van der Waals surface area contributed by atoms with E-state index in [0.29, 0.717) is 18.2 Å². The van der Waals surface area contributed by atoms with Crippen LogP contribution in [0.15, 0.2) is 23.4 Å². The van der Waals surface area contributed by atoms with Crippen LogP contribution in [-0.2, 0) is 4.74 Å². The van der Waals surface area contributed by atoms with Crippen molar-refractivity contribution in [2.75, 3.05) is 25.6 Å². The zero-order valence-electron chi connectivity index (χ0n) is 9.15. The molecule has 0 unspecified atom stereocenters. The fraction of sp³-hybridized carbons (Fsp3) is 0.364. The van der Waals surface area contributed by atoms with E-state index in [1.807, 2.05) is 18.2 Å². The van der Waals surface area contributed by atoms with Gasteiger partial charge in [-0.25, -0.2) is 4.98 Å². The molecule has 4 nitrogen and oxygen atoms in total. The van der Waals surface area contributed by atoms with Gasteiger partial charge in [0.05, 0.1) is 30.9 Å². The molecular formula is C11H13ClN2O2S. The molecule has 2 aromatic rings. The highest BCUT2D eigenvalue weighted by Crippen LogP contribution is 2.21. The number of fused-ring (bicyclic) bond motifs is 1. The predicted molar refractivity (Wildman–Crippen MR) is 69.7 cm³/mol. The van der Waals surface area contributed by atoms with E-state index < -0.39 is 0 Å². The van der Waals surface area contributed by atoms with Gasteiger partial charge in [-0.2, -0.15) is 0 Å². The van der Waals surface area contributed by atoms with E-state index in [-0.39, 0.29) is 6.61 Å². The van der Waals surface area contributed by atoms with Gasteiger partial charge < -0.3 is 14.8 Å². The molecule has 1 heterocycles. The molecule has 92 valence electrons. The molecule has 1 aromatic heterocycles. The van der Waals surface area contributed by atoms with Crippen molar-refractivity contribution >= 4 is 34.4 Å². The lowest BCUT2D eigenvalue weighted by Gasteiger charge is -1.99. The van der Waals surface area contributed by atoms with Crippen molar-refractivity contribution in [3.05, 3.63) is 23.2 Å². The van der Waals surface area contributed by atoms with Gasteiger partial charge >= 0.3 is 0 Å². The number of ether oxygens (including phenoxy) is 1. The van der Waals surface area contributed by atoms with Crippen LogP contribution < -0.4 is 0 Å². The number of aromatic amines is 1. The Morgan fingerprint density at radius 3 is 3.12 bits per heavy atom. The number of halogens is 1. The first-order chi connectivity index (χ1) is 8.29. The number of H-pyrrole nitrogens is 1. The molecule has 0 atom stereocenters. The fourth-order valence-corrected chi connectivity index (χ4v) is 2.30. The number of imidazole rings is 1. The number of thioether (sulfide) groups is 1. The minimum Gasteiger partial charge on any atom is -0.394 e. The number of hydrogen-bond donors (Lipinski definition) is 2. The van der Waals surface area contributed by atoms with E-state index in [1.165, 1.54) is 0 Å². The summed E-state index contributed by atoms with van der Waals surface area (Å²) in [5.41, 5.74) is 1.85. The van der Waals surface area contributed by atoms with Crippen molar-refractivity contribution in [2.24, 2.45) is 0 Å². The van der Waals surface area contributed by atoms with Crippen molar-refractivity contribution < 1.29 is 9.84 Å². The molecule has 0 saturated carbocycles. The van der Waals surface area contributed by atoms with Crippen LogP contribution in [0.1, 0.15) is 0 Å². The molecule has 0 aliphatic carbocycles. The lowest BCUT2D eigenvalue weighted by atomic mass is 10.3. The van der Waals surface area contributed by atoms with E-state index in [9.17, 15) is 0 Å². The van der Waals surface area contributed by atoms with Gasteiger partial charge in [0.1, 0.15) is 0 Å². The van der Waals surface area contributed by atoms with Crippen molar-refractivity contribution in [2.45, 2.75) is 5.16 Å². The Morgan fingerprint density at radius 1 is 1.41 bits per heavy atom. The summed E-state index contributed by atoms with van der Waals surface area (Å²) >= 11 is 7.48. The molecule has 2 N–H and O–H groups in total. The Morgan fingerprint density at radius 2 is 2.29 bits per heavy atom. The number of aliphatic hydroxyl groups is 1. The Labute approximate surface area is 108 Å². The first-order valence-corrected chi connectivity index (χ1v) is 6.62. The summed E-state index contributed by atoms with van der Waals surface area (Å²) in [6, 6.07) is 5.57. The van der Waals surface area contributed by atoms with Crippen LogP contribution in [0.5, 0.6) is 0 Å². The highest BCUT2D eigenvalue weighted by molar-refractivity contribution is 7.99. The summed E-state index contributed by atoms with van der Waals surface area (Å²) in [6.45, 7) is 1.05. The highest BCUT2D eigenvalue weighted by Gasteiger charge is 2.03. The quantitative estimate of drug-likeness (QED) is 0.626. The van der Waals surface area contributed by atoms with Crippen LogP contribution in [0, 0.1) is 0 Å². The van der Waals surface area contributed by atoms with Gasteiger partial charge in [0, 0.05) is 10.8 Å². The summed E-state index contributed by atoms with van der Waals surface area (Å²) in [7, 11) is 0. The number of aliphatic hydroxyl groups excluding tert-OH is 1. The van der Waals surface area contributed by atoms with Crippen LogP contribution in [0.25, 0.3) is 11.0 Å². The van der Waals surface area contributed by atoms with Gasteiger partial charge in [-0.05, 0) is 18.2 Å². The maximum Gasteiger partial charge on any atom is 0.166 e. The first kappa shape index (κ1) is 12.7. The van der Waals surface area contributed by atoms with E-state index in [2.05, 4.69) is 9.97 Å². The highest BCUT2D eigenvalue weighted by atomic mass is 35.5. The van der Waals surface area contributed by atoms with Crippen molar-refractivity contribution in [1.82, 2.24) is 9.97 Å².